The van der Waals surface area contributed by atoms with E-state index in [1.54, 1.807) is 7.05 Å². The van der Waals surface area contributed by atoms with Gasteiger partial charge in [0, 0.05) is 20.1 Å². The van der Waals surface area contributed by atoms with Crippen molar-refractivity contribution in [2.24, 2.45) is 5.92 Å². The summed E-state index contributed by atoms with van der Waals surface area (Å²) in [4.78, 5) is 10.9. The lowest BCUT2D eigenvalue weighted by Gasteiger charge is -2.34. The molecule has 1 amide bonds. The third-order valence-electron chi connectivity index (χ3n) is 2.35. The Morgan fingerprint density at radius 3 is 2.75 bits per heavy atom. The Hall–Kier alpha value is -0.570. The lowest BCUT2D eigenvalue weighted by Crippen LogP contribution is -2.34. The molecule has 3 heteroatoms. The molecule has 1 aliphatic rings. The average Bonchev–Trinajstić information content (AvgIpc) is 2.00. The quantitative estimate of drug-likeness (QED) is 0.683. The van der Waals surface area contributed by atoms with Gasteiger partial charge < -0.3 is 10.1 Å². The Kier molecular flexibility index (Phi) is 3.53. The van der Waals surface area contributed by atoms with Crippen molar-refractivity contribution >= 4 is 5.91 Å². The van der Waals surface area contributed by atoms with Crippen LogP contribution < -0.4 is 5.32 Å². The summed E-state index contributed by atoms with van der Waals surface area (Å²) in [5.41, 5.74) is 0. The molecule has 0 heterocycles. The van der Waals surface area contributed by atoms with Gasteiger partial charge in [0.2, 0.25) is 5.91 Å². The van der Waals surface area contributed by atoms with Gasteiger partial charge in [-0.15, -0.1) is 0 Å². The minimum Gasteiger partial charge on any atom is -0.378 e. The molecule has 0 bridgehead atoms. The van der Waals surface area contributed by atoms with Crippen LogP contribution in [0.15, 0.2) is 0 Å². The standard InChI is InChI=1S/C9H17NO2/c1-3-12-8-4-7(5-8)6-9(11)10-2/h7-8H,3-6H2,1-2H3,(H,10,11). The topological polar surface area (TPSA) is 38.3 Å². The van der Waals surface area contributed by atoms with E-state index in [1.165, 1.54) is 0 Å². The number of amides is 1. The first-order chi connectivity index (χ1) is 5.76. The smallest absolute Gasteiger partial charge is 0.220 e. The van der Waals surface area contributed by atoms with Crippen molar-refractivity contribution in [3.8, 4) is 0 Å². The van der Waals surface area contributed by atoms with Gasteiger partial charge in [0.05, 0.1) is 6.10 Å². The molecule has 1 rings (SSSR count). The van der Waals surface area contributed by atoms with Gasteiger partial charge in [-0.1, -0.05) is 0 Å². The fourth-order valence-corrected chi connectivity index (χ4v) is 1.58. The first kappa shape index (κ1) is 9.52. The van der Waals surface area contributed by atoms with Crippen LogP contribution in [0.25, 0.3) is 0 Å². The summed E-state index contributed by atoms with van der Waals surface area (Å²) in [5, 5.41) is 2.63. The van der Waals surface area contributed by atoms with E-state index in [0.29, 0.717) is 18.4 Å². The molecule has 0 radical (unpaired) electrons. The molecule has 0 aromatic heterocycles. The number of hydrogen-bond acceptors (Lipinski definition) is 2. The second-order valence-corrected chi connectivity index (χ2v) is 3.29. The molecular formula is C9H17NO2. The summed E-state index contributed by atoms with van der Waals surface area (Å²) in [6, 6.07) is 0. The molecule has 1 aliphatic carbocycles. The van der Waals surface area contributed by atoms with Crippen LogP contribution in [0.5, 0.6) is 0 Å². The molecule has 0 unspecified atom stereocenters. The molecule has 3 nitrogen and oxygen atoms in total. The number of carbonyl (C=O) groups excluding carboxylic acids is 1. The molecule has 0 aromatic carbocycles. The molecule has 0 aliphatic heterocycles. The number of nitrogens with one attached hydrogen (secondary N) is 1. The summed E-state index contributed by atoms with van der Waals surface area (Å²) in [6.45, 7) is 2.80. The van der Waals surface area contributed by atoms with Crippen LogP contribution >= 0.6 is 0 Å². The highest BCUT2D eigenvalue weighted by Crippen LogP contribution is 2.32. The molecule has 12 heavy (non-hydrogen) atoms. The predicted molar refractivity (Wildman–Crippen MR) is 46.8 cm³/mol. The van der Waals surface area contributed by atoms with Gasteiger partial charge in [0.1, 0.15) is 0 Å². The van der Waals surface area contributed by atoms with E-state index in [4.69, 9.17) is 4.74 Å². The Balaban J connectivity index is 2.05. The van der Waals surface area contributed by atoms with Crippen LogP contribution in [0.1, 0.15) is 26.2 Å². The van der Waals surface area contributed by atoms with E-state index in [0.717, 1.165) is 19.4 Å². The Morgan fingerprint density at radius 1 is 1.58 bits per heavy atom. The SMILES string of the molecule is CCOC1CC(CC(=O)NC)C1. The monoisotopic (exact) mass is 171 g/mol. The molecular weight excluding hydrogens is 154 g/mol. The maximum absolute atomic E-state index is 10.9. The molecule has 1 saturated carbocycles. The van der Waals surface area contributed by atoms with Crippen LogP contribution in [0.4, 0.5) is 0 Å². The van der Waals surface area contributed by atoms with Crippen molar-refractivity contribution in [2.45, 2.75) is 32.3 Å². The lowest BCUT2D eigenvalue weighted by molar-refractivity contribution is -0.123. The number of hydrogen-bond donors (Lipinski definition) is 1. The Labute approximate surface area is 73.5 Å². The van der Waals surface area contributed by atoms with Gasteiger partial charge in [-0.2, -0.15) is 0 Å². The van der Waals surface area contributed by atoms with Crippen molar-refractivity contribution in [2.75, 3.05) is 13.7 Å². The van der Waals surface area contributed by atoms with E-state index in [-0.39, 0.29) is 5.91 Å². The van der Waals surface area contributed by atoms with Gasteiger partial charge in [-0.05, 0) is 25.7 Å². The highest BCUT2D eigenvalue weighted by Gasteiger charge is 2.30. The van der Waals surface area contributed by atoms with Gasteiger partial charge >= 0.3 is 0 Å². The largest absolute Gasteiger partial charge is 0.378 e. The van der Waals surface area contributed by atoms with Crippen LogP contribution in [-0.2, 0) is 9.53 Å². The zero-order valence-electron chi connectivity index (χ0n) is 7.80. The maximum atomic E-state index is 10.9. The average molecular weight is 171 g/mol. The van der Waals surface area contributed by atoms with Crippen molar-refractivity contribution < 1.29 is 9.53 Å². The molecule has 0 spiro atoms. The second kappa shape index (κ2) is 4.45. The van der Waals surface area contributed by atoms with Gasteiger partial charge in [-0.25, -0.2) is 0 Å². The Bertz CT molecular complexity index is 153. The summed E-state index contributed by atoms with van der Waals surface area (Å²) < 4.78 is 5.39. The third-order valence-corrected chi connectivity index (χ3v) is 2.35. The molecule has 1 fully saturated rings. The van der Waals surface area contributed by atoms with Gasteiger partial charge in [0.15, 0.2) is 0 Å². The Morgan fingerprint density at radius 2 is 2.25 bits per heavy atom. The van der Waals surface area contributed by atoms with Crippen molar-refractivity contribution in [3.63, 3.8) is 0 Å². The van der Waals surface area contributed by atoms with E-state index in [2.05, 4.69) is 5.32 Å². The van der Waals surface area contributed by atoms with Crippen LogP contribution in [0.2, 0.25) is 0 Å². The molecule has 1 N–H and O–H groups in total. The van der Waals surface area contributed by atoms with Gasteiger partial charge in [0.25, 0.3) is 0 Å². The number of ether oxygens (including phenoxy) is 1. The first-order valence-corrected chi connectivity index (χ1v) is 4.58. The first-order valence-electron chi connectivity index (χ1n) is 4.58. The summed E-state index contributed by atoms with van der Waals surface area (Å²) >= 11 is 0. The highest BCUT2D eigenvalue weighted by molar-refractivity contribution is 5.75. The molecule has 0 aromatic rings. The van der Waals surface area contributed by atoms with E-state index >= 15 is 0 Å². The summed E-state index contributed by atoms with van der Waals surface area (Å²) in [6.07, 6.45) is 3.20. The minimum atomic E-state index is 0.148. The van der Waals surface area contributed by atoms with E-state index in [1.807, 2.05) is 6.92 Å². The highest BCUT2D eigenvalue weighted by atomic mass is 16.5. The predicted octanol–water partition coefficient (Wildman–Crippen LogP) is 0.938. The lowest BCUT2D eigenvalue weighted by atomic mass is 9.80. The normalized spacial score (nSPS) is 27.8. The van der Waals surface area contributed by atoms with Crippen LogP contribution in [-0.4, -0.2) is 25.7 Å². The summed E-state index contributed by atoms with van der Waals surface area (Å²) in [7, 11) is 1.68. The molecule has 70 valence electrons. The fraction of sp³-hybridized carbons (Fsp3) is 0.889. The van der Waals surface area contributed by atoms with Crippen molar-refractivity contribution in [1.82, 2.24) is 5.32 Å². The van der Waals surface area contributed by atoms with Crippen LogP contribution in [0, 0.1) is 5.92 Å². The molecule has 0 saturated heterocycles. The molecule has 0 atom stereocenters. The number of carbonyl (C=O) groups is 1. The van der Waals surface area contributed by atoms with E-state index in [9.17, 15) is 4.79 Å². The van der Waals surface area contributed by atoms with Crippen molar-refractivity contribution in [3.05, 3.63) is 0 Å². The minimum absolute atomic E-state index is 0.148. The van der Waals surface area contributed by atoms with Crippen molar-refractivity contribution in [1.29, 1.82) is 0 Å². The van der Waals surface area contributed by atoms with E-state index < -0.39 is 0 Å². The fourth-order valence-electron chi connectivity index (χ4n) is 1.58. The van der Waals surface area contributed by atoms with Crippen LogP contribution in [0.3, 0.4) is 0 Å². The number of rotatable bonds is 4. The van der Waals surface area contributed by atoms with Gasteiger partial charge in [-0.3, -0.25) is 4.79 Å². The zero-order valence-corrected chi connectivity index (χ0v) is 7.80. The third kappa shape index (κ3) is 2.48. The summed E-state index contributed by atoms with van der Waals surface area (Å²) in [5.74, 6) is 0.705. The second-order valence-electron chi connectivity index (χ2n) is 3.29. The zero-order chi connectivity index (χ0) is 8.97. The maximum Gasteiger partial charge on any atom is 0.220 e.